The molecule has 0 bridgehead atoms. The van der Waals surface area contributed by atoms with E-state index >= 15 is 0 Å². The molecule has 0 heterocycles. The minimum absolute atomic E-state index is 0.108. The van der Waals surface area contributed by atoms with E-state index in [4.69, 9.17) is 5.26 Å². The van der Waals surface area contributed by atoms with Gasteiger partial charge in [0.05, 0.1) is 6.07 Å². The molecule has 0 unspecified atom stereocenters. The zero-order chi connectivity index (χ0) is 12.5. The van der Waals surface area contributed by atoms with Gasteiger partial charge in [0.15, 0.2) is 0 Å². The van der Waals surface area contributed by atoms with E-state index in [2.05, 4.69) is 17.4 Å². The van der Waals surface area contributed by atoms with Crippen LogP contribution in [-0.2, 0) is 17.6 Å². The quantitative estimate of drug-likeness (QED) is 0.871. The fourth-order valence-electron chi connectivity index (χ4n) is 2.62. The highest BCUT2D eigenvalue weighted by Gasteiger charge is 2.16. The Hall–Kier alpha value is -2.34. The summed E-state index contributed by atoms with van der Waals surface area (Å²) in [6.45, 7) is 0. The summed E-state index contributed by atoms with van der Waals surface area (Å²) < 4.78 is 0. The van der Waals surface area contributed by atoms with Crippen LogP contribution in [0.15, 0.2) is 30.3 Å². The highest BCUT2D eigenvalue weighted by molar-refractivity contribution is 6.05. The van der Waals surface area contributed by atoms with Gasteiger partial charge in [0, 0.05) is 11.1 Å². The maximum Gasteiger partial charge on any atom is 0.238 e. The van der Waals surface area contributed by atoms with Crippen LogP contribution in [0.2, 0.25) is 0 Å². The van der Waals surface area contributed by atoms with E-state index in [1.807, 2.05) is 24.3 Å². The van der Waals surface area contributed by atoms with Gasteiger partial charge in [-0.15, -0.1) is 0 Å². The Morgan fingerprint density at radius 3 is 2.78 bits per heavy atom. The van der Waals surface area contributed by atoms with Gasteiger partial charge >= 0.3 is 0 Å². The summed E-state index contributed by atoms with van der Waals surface area (Å²) in [4.78, 5) is 11.5. The number of benzene rings is 2. The molecule has 0 atom stereocenters. The lowest BCUT2D eigenvalue weighted by Crippen LogP contribution is -2.10. The predicted molar refractivity (Wildman–Crippen MR) is 70.2 cm³/mol. The summed E-state index contributed by atoms with van der Waals surface area (Å²) >= 11 is 0. The number of hydrogen-bond acceptors (Lipinski definition) is 2. The van der Waals surface area contributed by atoms with Gasteiger partial charge in [-0.05, 0) is 35.4 Å². The lowest BCUT2D eigenvalue weighted by atomic mass is 10.0. The van der Waals surface area contributed by atoms with Gasteiger partial charge in [0.25, 0.3) is 0 Å². The maximum atomic E-state index is 11.5. The summed E-state index contributed by atoms with van der Waals surface area (Å²) in [7, 11) is 0. The smallest absolute Gasteiger partial charge is 0.238 e. The zero-order valence-electron chi connectivity index (χ0n) is 9.86. The Morgan fingerprint density at radius 1 is 1.22 bits per heavy atom. The summed E-state index contributed by atoms with van der Waals surface area (Å²) in [5, 5.41) is 13.7. The van der Waals surface area contributed by atoms with Gasteiger partial charge in [-0.25, -0.2) is 0 Å². The molecular formula is C15H12N2O. The third-order valence-corrected chi connectivity index (χ3v) is 3.39. The van der Waals surface area contributed by atoms with Gasteiger partial charge in [0.1, 0.15) is 6.42 Å². The number of aryl methyl sites for hydroxylation is 2. The second-order valence-electron chi connectivity index (χ2n) is 4.50. The van der Waals surface area contributed by atoms with Crippen LogP contribution in [0.5, 0.6) is 0 Å². The van der Waals surface area contributed by atoms with Gasteiger partial charge in [-0.2, -0.15) is 5.26 Å². The Labute approximate surface area is 105 Å². The van der Waals surface area contributed by atoms with Crippen LogP contribution in [0.1, 0.15) is 17.5 Å². The first-order chi connectivity index (χ1) is 8.79. The molecule has 3 rings (SSSR count). The van der Waals surface area contributed by atoms with Crippen molar-refractivity contribution in [1.29, 1.82) is 5.26 Å². The normalized spacial score (nSPS) is 12.4. The molecule has 0 spiro atoms. The molecule has 0 radical (unpaired) electrons. The van der Waals surface area contributed by atoms with E-state index in [1.165, 1.54) is 16.5 Å². The van der Waals surface area contributed by atoms with Crippen LogP contribution >= 0.6 is 0 Å². The first kappa shape index (κ1) is 10.8. The number of anilines is 1. The average molecular weight is 236 g/mol. The van der Waals surface area contributed by atoms with Crippen LogP contribution in [0.25, 0.3) is 10.8 Å². The molecule has 0 saturated carbocycles. The minimum Gasteiger partial charge on any atom is -0.325 e. The number of carbonyl (C=O) groups is 1. The largest absolute Gasteiger partial charge is 0.325 e. The second kappa shape index (κ2) is 4.15. The zero-order valence-corrected chi connectivity index (χ0v) is 9.86. The van der Waals surface area contributed by atoms with Crippen molar-refractivity contribution >= 4 is 22.4 Å². The number of nitrogens with zero attached hydrogens (tertiary/aromatic N) is 1. The maximum absolute atomic E-state index is 11.5. The number of amides is 1. The standard InChI is InChI=1S/C15H12N2O/c16-9-8-14(18)17-13-7-6-11-5-4-10-2-1-3-12(13)15(10)11/h1-3,6-7H,4-5,8H2,(H,17,18). The number of nitrogens with one attached hydrogen (secondary N) is 1. The Balaban J connectivity index is 2.10. The van der Waals surface area contributed by atoms with Crippen LogP contribution in [0.3, 0.4) is 0 Å². The van der Waals surface area contributed by atoms with Crippen molar-refractivity contribution in [2.75, 3.05) is 5.32 Å². The van der Waals surface area contributed by atoms with Crippen molar-refractivity contribution in [3.8, 4) is 6.07 Å². The van der Waals surface area contributed by atoms with E-state index in [0.29, 0.717) is 0 Å². The first-order valence-corrected chi connectivity index (χ1v) is 6.00. The fraction of sp³-hybridized carbons (Fsp3) is 0.200. The first-order valence-electron chi connectivity index (χ1n) is 6.00. The average Bonchev–Trinajstić information content (AvgIpc) is 2.78. The minimum atomic E-state index is -0.254. The second-order valence-corrected chi connectivity index (χ2v) is 4.50. The SMILES string of the molecule is N#CCC(=O)Nc1ccc2c3c(cccc13)CC2. The van der Waals surface area contributed by atoms with Crippen molar-refractivity contribution in [2.24, 2.45) is 0 Å². The molecule has 88 valence electrons. The molecule has 2 aromatic carbocycles. The molecule has 3 heteroatoms. The monoisotopic (exact) mass is 236 g/mol. The van der Waals surface area contributed by atoms with Crippen LogP contribution in [0, 0.1) is 11.3 Å². The topological polar surface area (TPSA) is 52.9 Å². The van der Waals surface area contributed by atoms with Crippen molar-refractivity contribution in [3.63, 3.8) is 0 Å². The Bertz CT molecular complexity index is 672. The molecule has 1 amide bonds. The van der Waals surface area contributed by atoms with Crippen LogP contribution < -0.4 is 5.32 Å². The van der Waals surface area contributed by atoms with Gasteiger partial charge in [-0.1, -0.05) is 24.3 Å². The number of nitriles is 1. The molecule has 0 aromatic heterocycles. The van der Waals surface area contributed by atoms with E-state index < -0.39 is 0 Å². The van der Waals surface area contributed by atoms with E-state index in [-0.39, 0.29) is 12.3 Å². The molecule has 0 saturated heterocycles. The summed E-state index contributed by atoms with van der Waals surface area (Å²) in [5.41, 5.74) is 3.50. The molecule has 1 aliphatic rings. The molecule has 0 fully saturated rings. The van der Waals surface area contributed by atoms with Gasteiger partial charge in [0.2, 0.25) is 5.91 Å². The number of rotatable bonds is 2. The lowest BCUT2D eigenvalue weighted by Gasteiger charge is -2.09. The van der Waals surface area contributed by atoms with Gasteiger partial charge in [-0.3, -0.25) is 4.79 Å². The van der Waals surface area contributed by atoms with Crippen LogP contribution in [0.4, 0.5) is 5.69 Å². The molecular weight excluding hydrogens is 224 g/mol. The van der Waals surface area contributed by atoms with Crippen molar-refractivity contribution in [2.45, 2.75) is 19.3 Å². The van der Waals surface area contributed by atoms with Crippen molar-refractivity contribution < 1.29 is 4.79 Å². The lowest BCUT2D eigenvalue weighted by molar-refractivity contribution is -0.115. The van der Waals surface area contributed by atoms with E-state index in [0.717, 1.165) is 23.9 Å². The van der Waals surface area contributed by atoms with Crippen molar-refractivity contribution in [3.05, 3.63) is 41.5 Å². The Kier molecular flexibility index (Phi) is 2.49. The Morgan fingerprint density at radius 2 is 2.00 bits per heavy atom. The molecule has 2 aromatic rings. The molecule has 1 aliphatic carbocycles. The molecule has 3 nitrogen and oxygen atoms in total. The third-order valence-electron chi connectivity index (χ3n) is 3.39. The highest BCUT2D eigenvalue weighted by Crippen LogP contribution is 2.34. The van der Waals surface area contributed by atoms with E-state index in [9.17, 15) is 4.79 Å². The highest BCUT2D eigenvalue weighted by atomic mass is 16.1. The van der Waals surface area contributed by atoms with Gasteiger partial charge < -0.3 is 5.32 Å². The van der Waals surface area contributed by atoms with Crippen molar-refractivity contribution in [1.82, 2.24) is 0 Å². The fourth-order valence-corrected chi connectivity index (χ4v) is 2.62. The summed E-state index contributed by atoms with van der Waals surface area (Å²) in [6.07, 6.45) is 2.04. The third kappa shape index (κ3) is 1.63. The molecule has 0 aliphatic heterocycles. The van der Waals surface area contributed by atoms with E-state index in [1.54, 1.807) is 0 Å². The molecule has 1 N–H and O–H groups in total. The summed E-state index contributed by atoms with van der Waals surface area (Å²) in [5.74, 6) is -0.254. The summed E-state index contributed by atoms with van der Waals surface area (Å²) in [6, 6.07) is 12.0. The molecule has 18 heavy (non-hydrogen) atoms. The number of carbonyl (C=O) groups excluding carboxylic acids is 1. The van der Waals surface area contributed by atoms with Crippen LogP contribution in [-0.4, -0.2) is 5.91 Å². The predicted octanol–water partition coefficient (Wildman–Crippen LogP) is 2.79. The number of hydrogen-bond donors (Lipinski definition) is 1.